The van der Waals surface area contributed by atoms with Crippen molar-refractivity contribution in [3.8, 4) is 11.1 Å². The van der Waals surface area contributed by atoms with Crippen LogP contribution in [0.2, 0.25) is 0 Å². The van der Waals surface area contributed by atoms with E-state index in [4.69, 9.17) is 9.47 Å². The summed E-state index contributed by atoms with van der Waals surface area (Å²) in [6, 6.07) is 26.5. The van der Waals surface area contributed by atoms with Crippen LogP contribution in [0.4, 0.5) is 0 Å². The van der Waals surface area contributed by atoms with Crippen LogP contribution in [0.3, 0.4) is 0 Å². The van der Waals surface area contributed by atoms with Crippen LogP contribution in [0.25, 0.3) is 11.1 Å². The first kappa shape index (κ1) is 22.7. The Bertz CT molecular complexity index is 1500. The molecule has 3 atom stereocenters. The number of ether oxygens (including phenoxy) is 2. The van der Waals surface area contributed by atoms with Crippen molar-refractivity contribution in [2.24, 2.45) is 0 Å². The SMILES string of the molecule is Cc1cn([C@H]2C[C@H](O)[C@@H](COC3(c4ccccc4)c4ccccc4-c4ccccc43)O2)c(=O)[nH]c1=O. The molecule has 7 nitrogen and oxygen atoms in total. The highest BCUT2D eigenvalue weighted by Gasteiger charge is 2.47. The molecule has 0 bridgehead atoms. The summed E-state index contributed by atoms with van der Waals surface area (Å²) < 4.78 is 14.3. The second kappa shape index (κ2) is 8.71. The predicted octanol–water partition coefficient (Wildman–Crippen LogP) is 3.48. The fourth-order valence-corrected chi connectivity index (χ4v) is 5.46. The van der Waals surface area contributed by atoms with E-state index in [9.17, 15) is 14.7 Å². The third-order valence-corrected chi connectivity index (χ3v) is 7.21. The van der Waals surface area contributed by atoms with Gasteiger partial charge in [-0.25, -0.2) is 4.79 Å². The summed E-state index contributed by atoms with van der Waals surface area (Å²) in [6.07, 6.45) is -0.516. The largest absolute Gasteiger partial charge is 0.390 e. The third-order valence-electron chi connectivity index (χ3n) is 7.21. The normalized spacial score (nSPS) is 21.8. The minimum absolute atomic E-state index is 0.103. The van der Waals surface area contributed by atoms with Crippen molar-refractivity contribution in [3.63, 3.8) is 0 Å². The standard InChI is InChI=1S/C29H26N2O5/c1-18-16-31(28(34)30-27(18)33)26-15-24(32)25(36-26)17-35-29(19-9-3-2-4-10-19)22-13-7-5-11-20(22)21-12-6-8-14-23(21)29/h2-14,16,24-26,32H,15,17H2,1H3,(H,30,33,34)/t24-,25+,26+/m0/s1. The number of benzene rings is 3. The van der Waals surface area contributed by atoms with E-state index in [2.05, 4.69) is 41.4 Å². The minimum atomic E-state index is -0.874. The van der Waals surface area contributed by atoms with Gasteiger partial charge in [-0.15, -0.1) is 0 Å². The van der Waals surface area contributed by atoms with E-state index >= 15 is 0 Å². The smallest absolute Gasteiger partial charge is 0.330 e. The monoisotopic (exact) mass is 482 g/mol. The van der Waals surface area contributed by atoms with Crippen LogP contribution in [0.15, 0.2) is 94.6 Å². The van der Waals surface area contributed by atoms with E-state index in [1.807, 2.05) is 42.5 Å². The molecule has 2 N–H and O–H groups in total. The van der Waals surface area contributed by atoms with Gasteiger partial charge in [0, 0.05) is 29.3 Å². The number of aliphatic hydroxyl groups is 1. The Morgan fingerprint density at radius 2 is 1.58 bits per heavy atom. The second-order valence-corrected chi connectivity index (χ2v) is 9.36. The molecule has 3 aromatic carbocycles. The molecule has 1 aromatic heterocycles. The Morgan fingerprint density at radius 3 is 2.25 bits per heavy atom. The highest BCUT2D eigenvalue weighted by molar-refractivity contribution is 5.82. The summed E-state index contributed by atoms with van der Waals surface area (Å²) in [6.45, 7) is 1.73. The number of rotatable bonds is 5. The molecule has 1 aliphatic heterocycles. The van der Waals surface area contributed by atoms with Gasteiger partial charge in [-0.05, 0) is 23.6 Å². The zero-order chi connectivity index (χ0) is 24.9. The number of nitrogens with zero attached hydrogens (tertiary/aromatic N) is 1. The van der Waals surface area contributed by atoms with E-state index in [1.54, 1.807) is 6.92 Å². The van der Waals surface area contributed by atoms with Crippen molar-refractivity contribution in [1.82, 2.24) is 9.55 Å². The lowest BCUT2D eigenvalue weighted by Crippen LogP contribution is -2.37. The molecule has 2 heterocycles. The topological polar surface area (TPSA) is 93.6 Å². The number of hydrogen-bond acceptors (Lipinski definition) is 5. The van der Waals surface area contributed by atoms with Gasteiger partial charge in [0.05, 0.1) is 12.7 Å². The predicted molar refractivity (Wildman–Crippen MR) is 135 cm³/mol. The van der Waals surface area contributed by atoms with Gasteiger partial charge in [-0.2, -0.15) is 0 Å². The molecule has 0 amide bonds. The number of aromatic amines is 1. The van der Waals surface area contributed by atoms with E-state index in [1.165, 1.54) is 10.8 Å². The van der Waals surface area contributed by atoms with Gasteiger partial charge in [-0.1, -0.05) is 78.9 Å². The maximum atomic E-state index is 12.4. The maximum absolute atomic E-state index is 12.4. The molecule has 182 valence electrons. The first-order valence-corrected chi connectivity index (χ1v) is 12.0. The van der Waals surface area contributed by atoms with E-state index in [0.29, 0.717) is 5.56 Å². The molecule has 6 rings (SSSR count). The van der Waals surface area contributed by atoms with Gasteiger partial charge >= 0.3 is 5.69 Å². The summed E-state index contributed by atoms with van der Waals surface area (Å²) in [4.78, 5) is 26.5. The van der Waals surface area contributed by atoms with Crippen LogP contribution in [-0.4, -0.2) is 33.5 Å². The van der Waals surface area contributed by atoms with Crippen LogP contribution >= 0.6 is 0 Å². The Labute approximate surface area is 207 Å². The van der Waals surface area contributed by atoms with Gasteiger partial charge < -0.3 is 14.6 Å². The van der Waals surface area contributed by atoms with Gasteiger partial charge in [-0.3, -0.25) is 14.3 Å². The van der Waals surface area contributed by atoms with Crippen LogP contribution in [0.1, 0.15) is 34.9 Å². The Morgan fingerprint density at radius 1 is 0.972 bits per heavy atom. The summed E-state index contributed by atoms with van der Waals surface area (Å²) in [5.41, 5.74) is 3.80. The van der Waals surface area contributed by atoms with Gasteiger partial charge in [0.25, 0.3) is 5.56 Å². The molecule has 36 heavy (non-hydrogen) atoms. The number of aryl methyl sites for hydroxylation is 1. The highest BCUT2D eigenvalue weighted by Crippen LogP contribution is 2.53. The Hall–Kier alpha value is -3.78. The highest BCUT2D eigenvalue weighted by atomic mass is 16.6. The molecule has 0 saturated carbocycles. The summed E-state index contributed by atoms with van der Waals surface area (Å²) in [5, 5.41) is 10.9. The third kappa shape index (κ3) is 3.47. The fraction of sp³-hybridized carbons (Fsp3) is 0.241. The van der Waals surface area contributed by atoms with Crippen LogP contribution in [-0.2, 0) is 15.1 Å². The Balaban J connectivity index is 1.37. The lowest BCUT2D eigenvalue weighted by atomic mass is 9.84. The van der Waals surface area contributed by atoms with Crippen LogP contribution < -0.4 is 11.2 Å². The van der Waals surface area contributed by atoms with Crippen molar-refractivity contribution >= 4 is 0 Å². The minimum Gasteiger partial charge on any atom is -0.390 e. The van der Waals surface area contributed by atoms with Crippen molar-refractivity contribution < 1.29 is 14.6 Å². The first-order chi connectivity index (χ1) is 17.5. The molecule has 0 spiro atoms. The average molecular weight is 483 g/mol. The van der Waals surface area contributed by atoms with Crippen molar-refractivity contribution in [1.29, 1.82) is 0 Å². The molecule has 1 fully saturated rings. The molecule has 0 radical (unpaired) electrons. The maximum Gasteiger partial charge on any atom is 0.330 e. The number of fused-ring (bicyclic) bond motifs is 3. The van der Waals surface area contributed by atoms with Crippen molar-refractivity contribution in [3.05, 3.63) is 128 Å². The summed E-state index contributed by atoms with van der Waals surface area (Å²) in [7, 11) is 0. The van der Waals surface area contributed by atoms with Crippen molar-refractivity contribution in [2.45, 2.75) is 37.4 Å². The number of nitrogens with one attached hydrogen (secondary N) is 1. The molecule has 1 saturated heterocycles. The van der Waals surface area contributed by atoms with Crippen LogP contribution in [0, 0.1) is 6.92 Å². The van der Waals surface area contributed by atoms with Crippen molar-refractivity contribution in [2.75, 3.05) is 6.61 Å². The van der Waals surface area contributed by atoms with E-state index in [-0.39, 0.29) is 13.0 Å². The summed E-state index contributed by atoms with van der Waals surface area (Å²) in [5.74, 6) is 0. The fourth-order valence-electron chi connectivity index (χ4n) is 5.46. The molecule has 1 aliphatic carbocycles. The van der Waals surface area contributed by atoms with Gasteiger partial charge in [0.15, 0.2) is 0 Å². The van der Waals surface area contributed by atoms with Gasteiger partial charge in [0.2, 0.25) is 0 Å². The lowest BCUT2D eigenvalue weighted by molar-refractivity contribution is -0.0934. The number of hydrogen-bond donors (Lipinski definition) is 2. The molecule has 0 unspecified atom stereocenters. The number of aromatic nitrogens is 2. The number of aliphatic hydroxyl groups excluding tert-OH is 1. The lowest BCUT2D eigenvalue weighted by Gasteiger charge is -2.34. The first-order valence-electron chi connectivity index (χ1n) is 12.0. The zero-order valence-electron chi connectivity index (χ0n) is 19.8. The molecular weight excluding hydrogens is 456 g/mol. The second-order valence-electron chi connectivity index (χ2n) is 9.36. The van der Waals surface area contributed by atoms with E-state index < -0.39 is 35.3 Å². The van der Waals surface area contributed by atoms with Gasteiger partial charge in [0.1, 0.15) is 17.9 Å². The molecule has 7 heteroatoms. The quantitative estimate of drug-likeness (QED) is 0.454. The number of H-pyrrole nitrogens is 1. The van der Waals surface area contributed by atoms with Crippen LogP contribution in [0.5, 0.6) is 0 Å². The zero-order valence-corrected chi connectivity index (χ0v) is 19.8. The molecular formula is C29H26N2O5. The summed E-state index contributed by atoms with van der Waals surface area (Å²) >= 11 is 0. The molecule has 2 aliphatic rings. The Kier molecular flexibility index (Phi) is 5.48. The average Bonchev–Trinajstić information content (AvgIpc) is 3.41. The molecule has 4 aromatic rings. The van der Waals surface area contributed by atoms with E-state index in [0.717, 1.165) is 27.8 Å².